The van der Waals surface area contributed by atoms with Gasteiger partial charge >= 0.3 is 0 Å². The second-order valence-corrected chi connectivity index (χ2v) is 4.42. The molecule has 0 radical (unpaired) electrons. The third-order valence-corrected chi connectivity index (χ3v) is 2.70. The Morgan fingerprint density at radius 1 is 1.00 bits per heavy atom. The van der Waals surface area contributed by atoms with Gasteiger partial charge in [-0.25, -0.2) is 0 Å². The second-order valence-electron chi connectivity index (χ2n) is 4.42. The number of aryl methyl sites for hydroxylation is 1. The summed E-state index contributed by atoms with van der Waals surface area (Å²) in [4.78, 5) is 0. The Balaban J connectivity index is 2.94. The summed E-state index contributed by atoms with van der Waals surface area (Å²) in [7, 11) is 0. The first-order valence-electron chi connectivity index (χ1n) is 5.27. The van der Waals surface area contributed by atoms with Crippen LogP contribution in [0.3, 0.4) is 0 Å². The summed E-state index contributed by atoms with van der Waals surface area (Å²) >= 11 is 0. The molecule has 0 saturated carbocycles. The van der Waals surface area contributed by atoms with Gasteiger partial charge in [0.05, 0.1) is 6.10 Å². The van der Waals surface area contributed by atoms with Crippen molar-refractivity contribution in [1.82, 2.24) is 0 Å². The lowest BCUT2D eigenvalue weighted by Crippen LogP contribution is -2.19. The Labute approximate surface area is 86.8 Å². The first kappa shape index (κ1) is 11.3. The lowest BCUT2D eigenvalue weighted by molar-refractivity contribution is 0.140. The molecular weight excluding hydrogens is 172 g/mol. The zero-order valence-electron chi connectivity index (χ0n) is 9.49. The average molecular weight is 192 g/mol. The molecule has 1 rings (SSSR count). The maximum Gasteiger partial charge on any atom is 0.0583 e. The quantitative estimate of drug-likeness (QED) is 0.780. The third-order valence-electron chi connectivity index (χ3n) is 2.70. The summed E-state index contributed by atoms with van der Waals surface area (Å²) in [5.74, 6) is 0.716. The third kappa shape index (κ3) is 2.58. The van der Waals surface area contributed by atoms with E-state index in [1.54, 1.807) is 0 Å². The molecule has 2 atom stereocenters. The highest BCUT2D eigenvalue weighted by Crippen LogP contribution is 2.27. The van der Waals surface area contributed by atoms with Gasteiger partial charge in [0.2, 0.25) is 0 Å². The molecule has 0 bridgehead atoms. The summed E-state index contributed by atoms with van der Waals surface area (Å²) in [5.41, 5.74) is 2.50. The first-order valence-corrected chi connectivity index (χ1v) is 5.27. The largest absolute Gasteiger partial charge is 0.393 e. The summed E-state index contributed by atoms with van der Waals surface area (Å²) in [6.07, 6.45) is -0.280. The van der Waals surface area contributed by atoms with Gasteiger partial charge in [-0.3, -0.25) is 0 Å². The summed E-state index contributed by atoms with van der Waals surface area (Å²) in [5, 5.41) is 9.71. The van der Waals surface area contributed by atoms with Crippen molar-refractivity contribution in [1.29, 1.82) is 0 Å². The van der Waals surface area contributed by atoms with Gasteiger partial charge in [-0.15, -0.1) is 0 Å². The van der Waals surface area contributed by atoms with Gasteiger partial charge in [0, 0.05) is 5.92 Å². The van der Waals surface area contributed by atoms with Gasteiger partial charge in [0.25, 0.3) is 0 Å². The SMILES string of the molecule is Cc1ccc([C@H](C(C)C)C(C)O)cc1. The number of hydrogen-bond acceptors (Lipinski definition) is 1. The van der Waals surface area contributed by atoms with Crippen LogP contribution in [0.25, 0.3) is 0 Å². The van der Waals surface area contributed by atoms with Crippen molar-refractivity contribution in [2.75, 3.05) is 0 Å². The summed E-state index contributed by atoms with van der Waals surface area (Å²) in [6.45, 7) is 8.25. The molecule has 0 saturated heterocycles. The second kappa shape index (κ2) is 4.61. The van der Waals surface area contributed by atoms with Crippen LogP contribution >= 0.6 is 0 Å². The fraction of sp³-hybridized carbons (Fsp3) is 0.538. The molecule has 78 valence electrons. The Morgan fingerprint density at radius 3 is 1.86 bits per heavy atom. The Bertz CT molecular complexity index is 264. The van der Waals surface area contributed by atoms with E-state index in [9.17, 15) is 5.11 Å². The lowest BCUT2D eigenvalue weighted by atomic mass is 9.84. The normalized spacial score (nSPS) is 15.6. The van der Waals surface area contributed by atoms with Crippen molar-refractivity contribution >= 4 is 0 Å². The fourth-order valence-corrected chi connectivity index (χ4v) is 2.01. The molecule has 0 spiro atoms. The van der Waals surface area contributed by atoms with Crippen LogP contribution in [0, 0.1) is 12.8 Å². The van der Waals surface area contributed by atoms with Crippen LogP contribution in [-0.2, 0) is 0 Å². The van der Waals surface area contributed by atoms with Crippen LogP contribution in [0.4, 0.5) is 0 Å². The summed E-state index contributed by atoms with van der Waals surface area (Å²) < 4.78 is 0. The molecule has 1 unspecified atom stereocenters. The Kier molecular flexibility index (Phi) is 3.70. The Morgan fingerprint density at radius 2 is 1.50 bits per heavy atom. The smallest absolute Gasteiger partial charge is 0.0583 e. The lowest BCUT2D eigenvalue weighted by Gasteiger charge is -2.24. The van der Waals surface area contributed by atoms with Gasteiger partial charge in [-0.1, -0.05) is 43.7 Å². The van der Waals surface area contributed by atoms with E-state index in [2.05, 4.69) is 45.0 Å². The van der Waals surface area contributed by atoms with Crippen LogP contribution < -0.4 is 0 Å². The van der Waals surface area contributed by atoms with Crippen molar-refractivity contribution in [2.24, 2.45) is 5.92 Å². The molecule has 1 aromatic carbocycles. The number of benzene rings is 1. The highest BCUT2D eigenvalue weighted by Gasteiger charge is 2.20. The Hall–Kier alpha value is -0.820. The minimum atomic E-state index is -0.280. The molecule has 0 heterocycles. The van der Waals surface area contributed by atoms with Crippen LogP contribution in [0.2, 0.25) is 0 Å². The molecular formula is C13H20O. The summed E-state index contributed by atoms with van der Waals surface area (Å²) in [6, 6.07) is 8.44. The zero-order valence-corrected chi connectivity index (χ0v) is 9.49. The van der Waals surface area contributed by atoms with Crippen molar-refractivity contribution in [3.63, 3.8) is 0 Å². The van der Waals surface area contributed by atoms with Crippen LogP contribution in [0.15, 0.2) is 24.3 Å². The molecule has 0 aromatic heterocycles. The van der Waals surface area contributed by atoms with E-state index in [0.29, 0.717) is 5.92 Å². The minimum absolute atomic E-state index is 0.246. The molecule has 0 amide bonds. The van der Waals surface area contributed by atoms with E-state index in [0.717, 1.165) is 0 Å². The van der Waals surface area contributed by atoms with Crippen molar-refractivity contribution in [3.8, 4) is 0 Å². The molecule has 1 heteroatoms. The van der Waals surface area contributed by atoms with Crippen molar-refractivity contribution in [2.45, 2.75) is 39.7 Å². The number of hydrogen-bond donors (Lipinski definition) is 1. The maximum atomic E-state index is 9.71. The predicted molar refractivity (Wildman–Crippen MR) is 60.4 cm³/mol. The number of aliphatic hydroxyl groups is 1. The maximum absolute atomic E-state index is 9.71. The van der Waals surface area contributed by atoms with Crippen LogP contribution in [0.5, 0.6) is 0 Å². The first-order chi connectivity index (χ1) is 6.52. The highest BCUT2D eigenvalue weighted by atomic mass is 16.3. The molecule has 14 heavy (non-hydrogen) atoms. The molecule has 0 aliphatic carbocycles. The molecule has 1 N–H and O–H groups in total. The average Bonchev–Trinajstić information content (AvgIpc) is 2.07. The fourth-order valence-electron chi connectivity index (χ4n) is 2.01. The number of rotatable bonds is 3. The van der Waals surface area contributed by atoms with Gasteiger partial charge < -0.3 is 5.11 Å². The number of aliphatic hydroxyl groups excluding tert-OH is 1. The van der Waals surface area contributed by atoms with Crippen molar-refractivity contribution < 1.29 is 5.11 Å². The zero-order chi connectivity index (χ0) is 10.7. The molecule has 0 fully saturated rings. The molecule has 0 aliphatic rings. The highest BCUT2D eigenvalue weighted by molar-refractivity contribution is 5.25. The van der Waals surface area contributed by atoms with Crippen LogP contribution in [0.1, 0.15) is 37.8 Å². The monoisotopic (exact) mass is 192 g/mol. The van der Waals surface area contributed by atoms with Crippen LogP contribution in [-0.4, -0.2) is 11.2 Å². The van der Waals surface area contributed by atoms with Gasteiger partial charge in [-0.2, -0.15) is 0 Å². The van der Waals surface area contributed by atoms with E-state index < -0.39 is 0 Å². The van der Waals surface area contributed by atoms with Crippen molar-refractivity contribution in [3.05, 3.63) is 35.4 Å². The van der Waals surface area contributed by atoms with Gasteiger partial charge in [0.1, 0.15) is 0 Å². The minimum Gasteiger partial charge on any atom is -0.393 e. The van der Waals surface area contributed by atoms with E-state index >= 15 is 0 Å². The van der Waals surface area contributed by atoms with E-state index in [1.165, 1.54) is 11.1 Å². The van der Waals surface area contributed by atoms with E-state index in [4.69, 9.17) is 0 Å². The van der Waals surface area contributed by atoms with E-state index in [1.807, 2.05) is 6.92 Å². The topological polar surface area (TPSA) is 20.2 Å². The molecule has 0 aliphatic heterocycles. The molecule has 1 aromatic rings. The predicted octanol–water partition coefficient (Wildman–Crippen LogP) is 3.12. The van der Waals surface area contributed by atoms with Gasteiger partial charge in [-0.05, 0) is 25.3 Å². The molecule has 1 nitrogen and oxygen atoms in total. The standard InChI is InChI=1S/C13H20O/c1-9(2)13(11(4)14)12-7-5-10(3)6-8-12/h5-9,11,13-14H,1-4H3/t11?,13-/m1/s1. The van der Waals surface area contributed by atoms with E-state index in [-0.39, 0.29) is 12.0 Å². The van der Waals surface area contributed by atoms with Gasteiger partial charge in [0.15, 0.2) is 0 Å².